The average molecular weight is 313 g/mol. The largest absolute Gasteiger partial charge is 0.416 e. The Kier molecular flexibility index (Phi) is 6.07. The van der Waals surface area contributed by atoms with Gasteiger partial charge >= 0.3 is 12.4 Å². The van der Waals surface area contributed by atoms with Gasteiger partial charge in [-0.1, -0.05) is 19.8 Å². The second-order valence-electron chi connectivity index (χ2n) is 4.53. The summed E-state index contributed by atoms with van der Waals surface area (Å²) in [7, 11) is 0. The summed E-state index contributed by atoms with van der Waals surface area (Å²) >= 11 is 0. The molecule has 0 amide bonds. The van der Waals surface area contributed by atoms with Crippen LogP contribution < -0.4 is 0 Å². The van der Waals surface area contributed by atoms with Gasteiger partial charge in [-0.05, 0) is 30.2 Å². The highest BCUT2D eigenvalue weighted by molar-refractivity contribution is 5.33. The molecule has 1 nitrogen and oxygen atoms in total. The molecule has 0 bridgehead atoms. The minimum Gasteiger partial charge on any atom is -0.377 e. The van der Waals surface area contributed by atoms with Crippen LogP contribution in [0.3, 0.4) is 0 Å². The Morgan fingerprint density at radius 2 is 1.38 bits per heavy atom. The van der Waals surface area contributed by atoms with Crippen LogP contribution in [0.15, 0.2) is 18.2 Å². The quantitative estimate of drug-likeness (QED) is 0.515. The fourth-order valence-corrected chi connectivity index (χ4v) is 1.67. The van der Waals surface area contributed by atoms with Crippen LogP contribution in [0.1, 0.15) is 36.0 Å². The van der Waals surface area contributed by atoms with Crippen LogP contribution in [0, 0.1) is 6.92 Å². The Bertz CT molecular complexity index is 418. The van der Waals surface area contributed by atoms with Crippen molar-refractivity contribution in [2.24, 2.45) is 0 Å². The molecule has 1 aromatic rings. The third-order valence-electron chi connectivity index (χ3n) is 2.70. The van der Waals surface area contributed by atoms with Crippen molar-refractivity contribution in [2.45, 2.75) is 38.2 Å². The van der Waals surface area contributed by atoms with E-state index in [4.69, 9.17) is 4.74 Å². The van der Waals surface area contributed by atoms with Crippen molar-refractivity contribution in [3.8, 4) is 0 Å². The SMILES string of the molecule is [CH2]CCCCOCc1cc(C(F)(F)F)cc(C(F)(F)F)c1. The van der Waals surface area contributed by atoms with Crippen molar-refractivity contribution in [1.29, 1.82) is 0 Å². The lowest BCUT2D eigenvalue weighted by Gasteiger charge is -2.14. The second kappa shape index (κ2) is 7.15. The third-order valence-corrected chi connectivity index (χ3v) is 2.70. The summed E-state index contributed by atoms with van der Waals surface area (Å²) < 4.78 is 80.8. The molecule has 0 aliphatic rings. The first-order valence-electron chi connectivity index (χ1n) is 6.30. The molecule has 0 saturated carbocycles. The van der Waals surface area contributed by atoms with E-state index >= 15 is 0 Å². The number of unbranched alkanes of at least 4 members (excludes halogenated alkanes) is 2. The smallest absolute Gasteiger partial charge is 0.377 e. The number of rotatable bonds is 6. The molecule has 1 radical (unpaired) electrons. The molecule has 0 aliphatic carbocycles. The lowest BCUT2D eigenvalue weighted by Crippen LogP contribution is -2.12. The van der Waals surface area contributed by atoms with Gasteiger partial charge in [0.1, 0.15) is 0 Å². The minimum atomic E-state index is -4.83. The van der Waals surface area contributed by atoms with Gasteiger partial charge in [0.2, 0.25) is 0 Å². The van der Waals surface area contributed by atoms with Crippen LogP contribution in [0.4, 0.5) is 26.3 Å². The molecule has 0 fully saturated rings. The molecular formula is C14H15F6O. The van der Waals surface area contributed by atoms with Crippen molar-refractivity contribution in [1.82, 2.24) is 0 Å². The Morgan fingerprint density at radius 3 is 1.81 bits per heavy atom. The highest BCUT2D eigenvalue weighted by Crippen LogP contribution is 2.36. The Morgan fingerprint density at radius 1 is 0.857 bits per heavy atom. The average Bonchev–Trinajstić information content (AvgIpc) is 2.36. The Labute approximate surface area is 118 Å². The summed E-state index contributed by atoms with van der Waals surface area (Å²) in [5, 5.41) is 0. The fraction of sp³-hybridized carbons (Fsp3) is 0.500. The summed E-state index contributed by atoms with van der Waals surface area (Å²) in [6.07, 6.45) is -7.51. The van der Waals surface area contributed by atoms with Crippen molar-refractivity contribution in [3.05, 3.63) is 41.8 Å². The Hall–Kier alpha value is -1.24. The summed E-state index contributed by atoms with van der Waals surface area (Å²) in [6.45, 7) is 3.60. The minimum absolute atomic E-state index is 0.103. The van der Waals surface area contributed by atoms with Crippen LogP contribution in [-0.4, -0.2) is 6.61 Å². The van der Waals surface area contributed by atoms with Gasteiger partial charge in [0.15, 0.2) is 0 Å². The molecule has 0 heterocycles. The predicted molar refractivity (Wildman–Crippen MR) is 65.3 cm³/mol. The van der Waals surface area contributed by atoms with E-state index in [0.717, 1.165) is 6.42 Å². The number of benzene rings is 1. The lowest BCUT2D eigenvalue weighted by molar-refractivity contribution is -0.143. The van der Waals surface area contributed by atoms with E-state index in [9.17, 15) is 26.3 Å². The highest BCUT2D eigenvalue weighted by Gasteiger charge is 2.36. The summed E-state index contributed by atoms with van der Waals surface area (Å²) in [5.41, 5.74) is -2.80. The standard InChI is InChI=1S/C14H15F6O/c1-2-3-4-5-21-9-10-6-11(13(15,16)17)8-12(7-10)14(18,19)20/h6-8H,1-5,9H2. The molecule has 0 spiro atoms. The first-order valence-corrected chi connectivity index (χ1v) is 6.30. The lowest BCUT2D eigenvalue weighted by atomic mass is 10.1. The van der Waals surface area contributed by atoms with E-state index in [1.54, 1.807) is 0 Å². The molecule has 7 heteroatoms. The van der Waals surface area contributed by atoms with E-state index in [1.165, 1.54) is 0 Å². The zero-order valence-corrected chi connectivity index (χ0v) is 11.2. The van der Waals surface area contributed by atoms with Crippen LogP contribution in [-0.2, 0) is 23.7 Å². The number of alkyl halides is 6. The maximum Gasteiger partial charge on any atom is 0.416 e. The molecule has 119 valence electrons. The Balaban J connectivity index is 2.88. The summed E-state index contributed by atoms with van der Waals surface area (Å²) in [4.78, 5) is 0. The van der Waals surface area contributed by atoms with E-state index in [1.807, 2.05) is 0 Å². The normalized spacial score (nSPS) is 12.7. The molecular weight excluding hydrogens is 298 g/mol. The van der Waals surface area contributed by atoms with Gasteiger partial charge in [-0.3, -0.25) is 0 Å². The van der Waals surface area contributed by atoms with Crippen molar-refractivity contribution < 1.29 is 31.1 Å². The van der Waals surface area contributed by atoms with Crippen LogP contribution >= 0.6 is 0 Å². The van der Waals surface area contributed by atoms with Crippen molar-refractivity contribution in [3.63, 3.8) is 0 Å². The molecule has 21 heavy (non-hydrogen) atoms. The third kappa shape index (κ3) is 5.95. The number of hydrogen-bond acceptors (Lipinski definition) is 1. The molecule has 0 atom stereocenters. The first-order chi connectivity index (χ1) is 9.64. The van der Waals surface area contributed by atoms with Crippen molar-refractivity contribution in [2.75, 3.05) is 6.61 Å². The molecule has 0 unspecified atom stereocenters. The first kappa shape index (κ1) is 17.8. The van der Waals surface area contributed by atoms with Crippen LogP contribution in [0.5, 0.6) is 0 Å². The van der Waals surface area contributed by atoms with Gasteiger partial charge in [0.25, 0.3) is 0 Å². The fourth-order valence-electron chi connectivity index (χ4n) is 1.67. The van der Waals surface area contributed by atoms with Crippen LogP contribution in [0.25, 0.3) is 0 Å². The molecule has 0 aliphatic heterocycles. The monoisotopic (exact) mass is 313 g/mol. The van der Waals surface area contributed by atoms with Gasteiger partial charge < -0.3 is 4.74 Å². The predicted octanol–water partition coefficient (Wildman–Crippen LogP) is 5.25. The molecule has 1 aromatic carbocycles. The zero-order chi connectivity index (χ0) is 16.1. The number of ether oxygens (including phenoxy) is 1. The van der Waals surface area contributed by atoms with E-state index < -0.39 is 23.5 Å². The molecule has 1 rings (SSSR count). The maximum absolute atomic E-state index is 12.6. The zero-order valence-electron chi connectivity index (χ0n) is 11.2. The summed E-state index contributed by atoms with van der Waals surface area (Å²) in [5.74, 6) is 0. The summed E-state index contributed by atoms with van der Waals surface area (Å²) in [6, 6.07) is 1.46. The topological polar surface area (TPSA) is 9.23 Å². The van der Waals surface area contributed by atoms with Gasteiger partial charge in [0, 0.05) is 6.61 Å². The molecule has 0 aromatic heterocycles. The van der Waals surface area contributed by atoms with Crippen LogP contribution in [0.2, 0.25) is 0 Å². The van der Waals surface area contributed by atoms with Gasteiger partial charge in [-0.15, -0.1) is 0 Å². The van der Waals surface area contributed by atoms with Gasteiger partial charge in [0.05, 0.1) is 17.7 Å². The maximum atomic E-state index is 12.6. The van der Waals surface area contributed by atoms with Gasteiger partial charge in [-0.2, -0.15) is 26.3 Å². The van der Waals surface area contributed by atoms with E-state index in [0.29, 0.717) is 25.0 Å². The molecule has 0 N–H and O–H groups in total. The second-order valence-corrected chi connectivity index (χ2v) is 4.53. The number of hydrogen-bond donors (Lipinski definition) is 0. The number of halogens is 6. The van der Waals surface area contributed by atoms with Gasteiger partial charge in [-0.25, -0.2) is 0 Å². The van der Waals surface area contributed by atoms with E-state index in [2.05, 4.69) is 6.92 Å². The highest BCUT2D eigenvalue weighted by atomic mass is 19.4. The van der Waals surface area contributed by atoms with E-state index in [-0.39, 0.29) is 24.8 Å². The van der Waals surface area contributed by atoms with Crippen molar-refractivity contribution >= 4 is 0 Å². The molecule has 0 saturated heterocycles.